The van der Waals surface area contributed by atoms with Gasteiger partial charge in [0.15, 0.2) is 0 Å². The minimum atomic E-state index is -0.148. The molecule has 1 aliphatic heterocycles. The van der Waals surface area contributed by atoms with E-state index in [0.717, 1.165) is 31.0 Å². The number of amides is 2. The van der Waals surface area contributed by atoms with Crippen LogP contribution in [0.4, 0.5) is 10.5 Å². The van der Waals surface area contributed by atoms with Gasteiger partial charge in [0.25, 0.3) is 0 Å². The number of carbonyl (C=O) groups excluding carboxylic acids is 1. The molecule has 6 nitrogen and oxygen atoms in total. The molecule has 1 fully saturated rings. The van der Waals surface area contributed by atoms with Gasteiger partial charge in [0.1, 0.15) is 5.75 Å². The monoisotopic (exact) mass is 340 g/mol. The number of rotatable bonds is 6. The summed E-state index contributed by atoms with van der Waals surface area (Å²) < 4.78 is 5.29. The third-order valence-corrected chi connectivity index (χ3v) is 4.41. The maximum atomic E-state index is 11.9. The number of hydrogen-bond acceptors (Lipinski definition) is 4. The summed E-state index contributed by atoms with van der Waals surface area (Å²) in [5.41, 5.74) is 2.02. The number of hydrogen-bond donors (Lipinski definition) is 2. The quantitative estimate of drug-likeness (QED) is 0.847. The van der Waals surface area contributed by atoms with Crippen LogP contribution in [0.3, 0.4) is 0 Å². The molecule has 6 heteroatoms. The van der Waals surface area contributed by atoms with E-state index in [1.165, 1.54) is 5.69 Å². The molecule has 2 heterocycles. The topological polar surface area (TPSA) is 66.5 Å². The second-order valence-corrected chi connectivity index (χ2v) is 6.19. The molecule has 2 N–H and O–H groups in total. The predicted molar refractivity (Wildman–Crippen MR) is 97.8 cm³/mol. The van der Waals surface area contributed by atoms with Crippen molar-refractivity contribution < 1.29 is 9.53 Å². The van der Waals surface area contributed by atoms with Crippen molar-refractivity contribution in [1.82, 2.24) is 15.6 Å². The highest BCUT2D eigenvalue weighted by Crippen LogP contribution is 2.26. The molecule has 0 spiro atoms. The van der Waals surface area contributed by atoms with Gasteiger partial charge in [-0.15, -0.1) is 0 Å². The summed E-state index contributed by atoms with van der Waals surface area (Å²) in [6.45, 7) is 3.05. The van der Waals surface area contributed by atoms with Crippen LogP contribution in [0.15, 0.2) is 48.7 Å². The lowest BCUT2D eigenvalue weighted by molar-refractivity contribution is 0.239. The van der Waals surface area contributed by atoms with Gasteiger partial charge in [-0.3, -0.25) is 4.98 Å². The van der Waals surface area contributed by atoms with Gasteiger partial charge in [0.05, 0.1) is 19.3 Å². The maximum Gasteiger partial charge on any atom is 0.315 e. The Balaban J connectivity index is 1.41. The Labute approximate surface area is 148 Å². The average molecular weight is 340 g/mol. The average Bonchev–Trinajstić information content (AvgIpc) is 3.15. The summed E-state index contributed by atoms with van der Waals surface area (Å²) in [7, 11) is 1.68. The van der Waals surface area contributed by atoms with Crippen molar-refractivity contribution in [2.75, 3.05) is 31.6 Å². The highest BCUT2D eigenvalue weighted by molar-refractivity contribution is 5.73. The fourth-order valence-electron chi connectivity index (χ4n) is 3.01. The van der Waals surface area contributed by atoms with Crippen molar-refractivity contribution >= 4 is 11.7 Å². The predicted octanol–water partition coefficient (Wildman–Crippen LogP) is 2.42. The Morgan fingerprint density at radius 1 is 1.28 bits per heavy atom. The van der Waals surface area contributed by atoms with Crippen molar-refractivity contribution in [3.63, 3.8) is 0 Å². The minimum absolute atomic E-state index is 0.148. The molecular formula is C19H24N4O2. The highest BCUT2D eigenvalue weighted by atomic mass is 16.5. The van der Waals surface area contributed by atoms with Crippen LogP contribution in [-0.2, 0) is 6.54 Å². The normalized spacial score (nSPS) is 16.5. The lowest BCUT2D eigenvalue weighted by atomic mass is 10.1. The molecule has 1 atom stereocenters. The van der Waals surface area contributed by atoms with E-state index in [-0.39, 0.29) is 6.03 Å². The molecule has 1 aliphatic rings. The van der Waals surface area contributed by atoms with Gasteiger partial charge in [-0.2, -0.15) is 0 Å². The van der Waals surface area contributed by atoms with E-state index in [1.807, 2.05) is 30.3 Å². The van der Waals surface area contributed by atoms with Crippen LogP contribution in [0.5, 0.6) is 5.75 Å². The van der Waals surface area contributed by atoms with Gasteiger partial charge in [0, 0.05) is 37.6 Å². The summed E-state index contributed by atoms with van der Waals surface area (Å²) in [4.78, 5) is 18.4. The van der Waals surface area contributed by atoms with E-state index < -0.39 is 0 Å². The first-order chi connectivity index (χ1) is 12.2. The Hall–Kier alpha value is -2.76. The number of aromatic nitrogens is 1. The molecule has 0 saturated carbocycles. The molecule has 0 bridgehead atoms. The summed E-state index contributed by atoms with van der Waals surface area (Å²) in [6, 6.07) is 13.6. The molecule has 1 unspecified atom stereocenters. The van der Waals surface area contributed by atoms with E-state index >= 15 is 0 Å². The molecule has 1 aromatic carbocycles. The minimum Gasteiger partial charge on any atom is -0.497 e. The number of anilines is 1. The molecule has 2 aromatic rings. The maximum absolute atomic E-state index is 11.9. The third-order valence-electron chi connectivity index (χ3n) is 4.41. The van der Waals surface area contributed by atoms with Crippen LogP contribution in [0.25, 0.3) is 0 Å². The molecule has 1 aromatic heterocycles. The van der Waals surface area contributed by atoms with E-state index in [4.69, 9.17) is 4.74 Å². The number of urea groups is 1. The number of methoxy groups -OCH3 is 1. The summed E-state index contributed by atoms with van der Waals surface area (Å²) in [5.74, 6) is 1.32. The molecule has 132 valence electrons. The van der Waals surface area contributed by atoms with Crippen LogP contribution < -0.4 is 20.3 Å². The number of ether oxygens (including phenoxy) is 1. The largest absolute Gasteiger partial charge is 0.497 e. The molecule has 0 aliphatic carbocycles. The lowest BCUT2D eigenvalue weighted by Crippen LogP contribution is -2.38. The van der Waals surface area contributed by atoms with E-state index in [0.29, 0.717) is 19.0 Å². The Morgan fingerprint density at radius 2 is 2.20 bits per heavy atom. The van der Waals surface area contributed by atoms with Gasteiger partial charge in [-0.05, 0) is 36.6 Å². The van der Waals surface area contributed by atoms with E-state index in [9.17, 15) is 4.79 Å². The molecule has 1 saturated heterocycles. The standard InChI is InChI=1S/C19H24N4O2/c1-25-18-7-4-6-17(11-18)23-10-8-15(14-23)12-21-19(24)22-13-16-5-2-3-9-20-16/h2-7,9,11,15H,8,10,12-14H2,1H3,(H2,21,22,24). The fourth-order valence-corrected chi connectivity index (χ4v) is 3.01. The Morgan fingerprint density at radius 3 is 3.00 bits per heavy atom. The zero-order valence-electron chi connectivity index (χ0n) is 14.4. The molecule has 2 amide bonds. The second-order valence-electron chi connectivity index (χ2n) is 6.19. The number of carbonyl (C=O) groups is 1. The lowest BCUT2D eigenvalue weighted by Gasteiger charge is -2.19. The zero-order valence-corrected chi connectivity index (χ0v) is 14.4. The second kappa shape index (κ2) is 8.37. The number of nitrogens with zero attached hydrogens (tertiary/aromatic N) is 2. The van der Waals surface area contributed by atoms with Gasteiger partial charge >= 0.3 is 6.03 Å². The number of nitrogens with one attached hydrogen (secondary N) is 2. The fraction of sp³-hybridized carbons (Fsp3) is 0.368. The van der Waals surface area contributed by atoms with E-state index in [1.54, 1.807) is 13.3 Å². The first-order valence-electron chi connectivity index (χ1n) is 8.55. The van der Waals surface area contributed by atoms with Crippen molar-refractivity contribution in [3.8, 4) is 5.75 Å². The first-order valence-corrected chi connectivity index (χ1v) is 8.55. The van der Waals surface area contributed by atoms with Crippen LogP contribution in [-0.4, -0.2) is 37.8 Å². The first kappa shape index (κ1) is 17.1. The van der Waals surface area contributed by atoms with Crippen molar-refractivity contribution in [2.45, 2.75) is 13.0 Å². The van der Waals surface area contributed by atoms with Crippen LogP contribution >= 0.6 is 0 Å². The number of benzene rings is 1. The smallest absolute Gasteiger partial charge is 0.315 e. The molecule has 0 radical (unpaired) electrons. The third kappa shape index (κ3) is 4.86. The van der Waals surface area contributed by atoms with Crippen molar-refractivity contribution in [1.29, 1.82) is 0 Å². The van der Waals surface area contributed by atoms with Gasteiger partial charge < -0.3 is 20.3 Å². The van der Waals surface area contributed by atoms with Crippen molar-refractivity contribution in [3.05, 3.63) is 54.4 Å². The van der Waals surface area contributed by atoms with Crippen molar-refractivity contribution in [2.24, 2.45) is 5.92 Å². The Bertz CT molecular complexity index is 693. The van der Waals surface area contributed by atoms with Crippen LogP contribution in [0.2, 0.25) is 0 Å². The van der Waals surface area contributed by atoms with Gasteiger partial charge in [0.2, 0.25) is 0 Å². The number of pyridine rings is 1. The molecule has 3 rings (SSSR count). The summed E-state index contributed by atoms with van der Waals surface area (Å²) in [6.07, 6.45) is 2.79. The van der Waals surface area contributed by atoms with Crippen LogP contribution in [0.1, 0.15) is 12.1 Å². The van der Waals surface area contributed by atoms with Gasteiger partial charge in [-0.1, -0.05) is 12.1 Å². The SMILES string of the molecule is COc1cccc(N2CCC(CNC(=O)NCc3ccccn3)C2)c1. The van der Waals surface area contributed by atoms with Gasteiger partial charge in [-0.25, -0.2) is 4.79 Å². The summed E-state index contributed by atoms with van der Waals surface area (Å²) >= 11 is 0. The zero-order chi connectivity index (χ0) is 17.5. The highest BCUT2D eigenvalue weighted by Gasteiger charge is 2.23. The van der Waals surface area contributed by atoms with E-state index in [2.05, 4.69) is 32.7 Å². The summed E-state index contributed by atoms with van der Waals surface area (Å²) in [5, 5.41) is 5.80. The molecular weight excluding hydrogens is 316 g/mol. The molecule has 25 heavy (non-hydrogen) atoms. The Kier molecular flexibility index (Phi) is 5.72. The van der Waals surface area contributed by atoms with Crippen LogP contribution in [0, 0.1) is 5.92 Å².